The minimum Gasteiger partial charge on any atom is -0.339 e. The number of carbonyl (C=O) groups is 2. The number of halogens is 3. The molecule has 0 spiro atoms. The minimum absolute atomic E-state index is 0. The zero-order valence-electron chi connectivity index (χ0n) is 12.6. The van der Waals surface area contributed by atoms with Gasteiger partial charge in [0.15, 0.2) is 0 Å². The Morgan fingerprint density at radius 3 is 2.09 bits per heavy atom. The Labute approximate surface area is 139 Å². The number of nitrogens with zero attached hydrogens (tertiary/aromatic N) is 2. The fourth-order valence-electron chi connectivity index (χ4n) is 2.43. The number of nitrogens with two attached hydrogens (primary N) is 1. The number of piperazine rings is 1. The fourth-order valence-corrected chi connectivity index (χ4v) is 2.43. The van der Waals surface area contributed by atoms with Crippen molar-refractivity contribution in [1.29, 1.82) is 0 Å². The van der Waals surface area contributed by atoms with E-state index in [-0.39, 0.29) is 31.4 Å². The molecule has 0 bridgehead atoms. The molecule has 1 aromatic rings. The molecule has 2 amide bonds. The second kappa shape index (κ2) is 8.79. The van der Waals surface area contributed by atoms with Gasteiger partial charge in [-0.15, -0.1) is 12.4 Å². The van der Waals surface area contributed by atoms with Crippen molar-refractivity contribution in [3.63, 3.8) is 0 Å². The Morgan fingerprint density at radius 1 is 1.04 bits per heavy atom. The van der Waals surface area contributed by atoms with Gasteiger partial charge in [0.05, 0.1) is 0 Å². The highest BCUT2D eigenvalue weighted by molar-refractivity contribution is 5.95. The van der Waals surface area contributed by atoms with E-state index in [0.717, 1.165) is 12.1 Å². The van der Waals surface area contributed by atoms with Crippen LogP contribution < -0.4 is 5.73 Å². The van der Waals surface area contributed by atoms with Crippen LogP contribution in [0.2, 0.25) is 0 Å². The molecule has 1 aromatic carbocycles. The monoisotopic (exact) mass is 347 g/mol. The zero-order valence-corrected chi connectivity index (χ0v) is 13.5. The molecule has 1 aliphatic heterocycles. The molecule has 1 fully saturated rings. The third-order valence-electron chi connectivity index (χ3n) is 3.69. The first-order chi connectivity index (χ1) is 10.5. The molecule has 0 atom stereocenters. The van der Waals surface area contributed by atoms with Gasteiger partial charge in [0.25, 0.3) is 5.91 Å². The molecular weight excluding hydrogens is 328 g/mol. The Hall–Kier alpha value is -1.73. The van der Waals surface area contributed by atoms with E-state index in [1.165, 1.54) is 11.0 Å². The summed E-state index contributed by atoms with van der Waals surface area (Å²) in [7, 11) is 0. The van der Waals surface area contributed by atoms with Crippen LogP contribution in [-0.2, 0) is 4.79 Å². The Kier molecular flexibility index (Phi) is 7.38. The standard InChI is InChI=1S/C15H19F2N3O2.ClH/c16-11-3-1-4-12(17)14(11)15(22)20-9-7-19(8-10-20)13(21)5-2-6-18;/h1,3-4H,2,5-10,18H2;1H. The van der Waals surface area contributed by atoms with Crippen molar-refractivity contribution in [2.24, 2.45) is 5.73 Å². The van der Waals surface area contributed by atoms with Gasteiger partial charge < -0.3 is 15.5 Å². The van der Waals surface area contributed by atoms with Gasteiger partial charge in [-0.2, -0.15) is 0 Å². The molecule has 1 aliphatic rings. The summed E-state index contributed by atoms with van der Waals surface area (Å²) in [5, 5.41) is 0. The van der Waals surface area contributed by atoms with Gasteiger partial charge >= 0.3 is 0 Å². The molecule has 5 nitrogen and oxygen atoms in total. The predicted octanol–water partition coefficient (Wildman–Crippen LogP) is 1.41. The number of rotatable bonds is 4. The van der Waals surface area contributed by atoms with E-state index < -0.39 is 23.1 Å². The van der Waals surface area contributed by atoms with Crippen LogP contribution in [0.1, 0.15) is 23.2 Å². The summed E-state index contributed by atoms with van der Waals surface area (Å²) in [6.45, 7) is 1.72. The lowest BCUT2D eigenvalue weighted by molar-refractivity contribution is -0.132. The molecule has 1 heterocycles. The lowest BCUT2D eigenvalue weighted by Crippen LogP contribution is -2.50. The molecule has 128 valence electrons. The van der Waals surface area contributed by atoms with Gasteiger partial charge in [-0.05, 0) is 25.1 Å². The lowest BCUT2D eigenvalue weighted by atomic mass is 10.1. The van der Waals surface area contributed by atoms with Crippen LogP contribution in [0.4, 0.5) is 8.78 Å². The van der Waals surface area contributed by atoms with Crippen molar-refractivity contribution in [3.05, 3.63) is 35.4 Å². The number of hydrogen-bond donors (Lipinski definition) is 1. The largest absolute Gasteiger partial charge is 0.339 e. The molecule has 23 heavy (non-hydrogen) atoms. The average molecular weight is 348 g/mol. The lowest BCUT2D eigenvalue weighted by Gasteiger charge is -2.35. The third-order valence-corrected chi connectivity index (χ3v) is 3.69. The van der Waals surface area contributed by atoms with Crippen molar-refractivity contribution >= 4 is 24.2 Å². The first-order valence-corrected chi connectivity index (χ1v) is 7.25. The number of carbonyl (C=O) groups excluding carboxylic acids is 2. The maximum Gasteiger partial charge on any atom is 0.259 e. The van der Waals surface area contributed by atoms with E-state index in [2.05, 4.69) is 0 Å². The quantitative estimate of drug-likeness (QED) is 0.895. The van der Waals surface area contributed by atoms with Crippen molar-refractivity contribution in [2.75, 3.05) is 32.7 Å². The van der Waals surface area contributed by atoms with Crippen LogP contribution in [-0.4, -0.2) is 54.3 Å². The van der Waals surface area contributed by atoms with Crippen LogP contribution in [0.25, 0.3) is 0 Å². The summed E-state index contributed by atoms with van der Waals surface area (Å²) >= 11 is 0. The highest BCUT2D eigenvalue weighted by Gasteiger charge is 2.27. The zero-order chi connectivity index (χ0) is 16.1. The molecule has 8 heteroatoms. The van der Waals surface area contributed by atoms with E-state index in [0.29, 0.717) is 32.5 Å². The van der Waals surface area contributed by atoms with Gasteiger partial charge in [0.2, 0.25) is 5.91 Å². The Balaban J connectivity index is 0.00000264. The number of amides is 2. The summed E-state index contributed by atoms with van der Waals surface area (Å²) in [6.07, 6.45) is 1.00. The van der Waals surface area contributed by atoms with Crippen LogP contribution in [0, 0.1) is 11.6 Å². The Bertz CT molecular complexity index is 543. The van der Waals surface area contributed by atoms with Crippen molar-refractivity contribution in [3.8, 4) is 0 Å². The highest BCUT2D eigenvalue weighted by Crippen LogP contribution is 2.16. The predicted molar refractivity (Wildman–Crippen MR) is 84.4 cm³/mol. The maximum atomic E-state index is 13.6. The highest BCUT2D eigenvalue weighted by atomic mass is 35.5. The smallest absolute Gasteiger partial charge is 0.259 e. The first kappa shape index (κ1) is 19.3. The third kappa shape index (κ3) is 4.62. The van der Waals surface area contributed by atoms with Gasteiger partial charge in [-0.3, -0.25) is 9.59 Å². The van der Waals surface area contributed by atoms with Crippen LogP contribution in [0.15, 0.2) is 18.2 Å². The van der Waals surface area contributed by atoms with E-state index in [9.17, 15) is 18.4 Å². The van der Waals surface area contributed by atoms with E-state index >= 15 is 0 Å². The molecule has 2 N–H and O–H groups in total. The molecule has 0 radical (unpaired) electrons. The van der Waals surface area contributed by atoms with Crippen molar-refractivity contribution in [2.45, 2.75) is 12.8 Å². The molecular formula is C15H20ClF2N3O2. The van der Waals surface area contributed by atoms with Gasteiger partial charge in [-0.1, -0.05) is 6.07 Å². The second-order valence-corrected chi connectivity index (χ2v) is 5.16. The fraction of sp³-hybridized carbons (Fsp3) is 0.467. The van der Waals surface area contributed by atoms with Crippen LogP contribution in [0.3, 0.4) is 0 Å². The summed E-state index contributed by atoms with van der Waals surface area (Å²) in [6, 6.07) is 3.33. The van der Waals surface area contributed by atoms with Gasteiger partial charge in [0, 0.05) is 32.6 Å². The molecule has 0 aliphatic carbocycles. The van der Waals surface area contributed by atoms with Crippen LogP contribution >= 0.6 is 12.4 Å². The molecule has 0 aromatic heterocycles. The van der Waals surface area contributed by atoms with Gasteiger partial charge in [0.1, 0.15) is 17.2 Å². The summed E-state index contributed by atoms with van der Waals surface area (Å²) in [5.74, 6) is -2.42. The van der Waals surface area contributed by atoms with E-state index in [1.807, 2.05) is 0 Å². The first-order valence-electron chi connectivity index (χ1n) is 7.25. The summed E-state index contributed by atoms with van der Waals surface area (Å²) in [5.41, 5.74) is 4.83. The van der Waals surface area contributed by atoms with Crippen LogP contribution in [0.5, 0.6) is 0 Å². The second-order valence-electron chi connectivity index (χ2n) is 5.16. The molecule has 0 saturated carbocycles. The minimum atomic E-state index is -0.869. The average Bonchev–Trinajstić information content (AvgIpc) is 2.52. The summed E-state index contributed by atoms with van der Waals surface area (Å²) in [4.78, 5) is 27.1. The number of hydrogen-bond acceptors (Lipinski definition) is 3. The molecule has 0 unspecified atom stereocenters. The van der Waals surface area contributed by atoms with Crippen molar-refractivity contribution < 1.29 is 18.4 Å². The van der Waals surface area contributed by atoms with E-state index in [1.54, 1.807) is 4.90 Å². The normalized spacial score (nSPS) is 14.4. The van der Waals surface area contributed by atoms with E-state index in [4.69, 9.17) is 5.73 Å². The molecule has 2 rings (SSSR count). The SMILES string of the molecule is Cl.NCCCC(=O)N1CCN(C(=O)c2c(F)cccc2F)CC1. The number of benzene rings is 1. The summed E-state index contributed by atoms with van der Waals surface area (Å²) < 4.78 is 27.3. The maximum absolute atomic E-state index is 13.6. The Morgan fingerprint density at radius 2 is 1.57 bits per heavy atom. The molecule has 1 saturated heterocycles. The topological polar surface area (TPSA) is 66.6 Å². The van der Waals surface area contributed by atoms with Gasteiger partial charge in [-0.25, -0.2) is 8.78 Å². The van der Waals surface area contributed by atoms with Crippen molar-refractivity contribution in [1.82, 2.24) is 9.80 Å².